The van der Waals surface area contributed by atoms with Gasteiger partial charge in [-0.15, -0.1) is 23.7 Å². The molecule has 2 aromatic rings. The molecule has 2 N–H and O–H groups in total. The lowest BCUT2D eigenvalue weighted by Crippen LogP contribution is -2.33. The van der Waals surface area contributed by atoms with Gasteiger partial charge < -0.3 is 15.2 Å². The van der Waals surface area contributed by atoms with Crippen molar-refractivity contribution in [2.45, 2.75) is 25.3 Å². The van der Waals surface area contributed by atoms with Gasteiger partial charge in [-0.05, 0) is 24.5 Å². The molecule has 2 aromatic heterocycles. The predicted molar refractivity (Wildman–Crippen MR) is 89.7 cm³/mol. The van der Waals surface area contributed by atoms with Crippen LogP contribution in [0.25, 0.3) is 0 Å². The first-order valence-corrected chi connectivity index (χ1v) is 7.87. The number of nitrogen functional groups attached to an aromatic ring is 1. The van der Waals surface area contributed by atoms with Crippen molar-refractivity contribution in [2.75, 3.05) is 37.8 Å². The Balaban J connectivity index is 0.00000176. The highest BCUT2D eigenvalue weighted by atomic mass is 35.5. The van der Waals surface area contributed by atoms with Crippen LogP contribution in [0.2, 0.25) is 0 Å². The van der Waals surface area contributed by atoms with Gasteiger partial charge in [-0.1, -0.05) is 0 Å². The molecule has 0 saturated carbocycles. The van der Waals surface area contributed by atoms with Crippen LogP contribution in [0.3, 0.4) is 0 Å². The number of aromatic nitrogens is 3. The zero-order valence-electron chi connectivity index (χ0n) is 12.7. The minimum absolute atomic E-state index is 0. The van der Waals surface area contributed by atoms with Crippen LogP contribution in [0.15, 0.2) is 10.7 Å². The van der Waals surface area contributed by atoms with Crippen molar-refractivity contribution in [1.82, 2.24) is 20.0 Å². The van der Waals surface area contributed by atoms with Gasteiger partial charge in [0.25, 0.3) is 5.95 Å². The highest BCUT2D eigenvalue weighted by Crippen LogP contribution is 2.28. The average Bonchev–Trinajstić information content (AvgIpc) is 3.08. The van der Waals surface area contributed by atoms with Gasteiger partial charge in [-0.3, -0.25) is 4.90 Å². The van der Waals surface area contributed by atoms with Gasteiger partial charge in [0.1, 0.15) is 0 Å². The molecule has 1 aliphatic heterocycles. The molecule has 0 radical (unpaired) electrons. The van der Waals surface area contributed by atoms with Gasteiger partial charge in [-0.2, -0.15) is 4.98 Å². The molecule has 1 fully saturated rings. The standard InChI is InChI=1S/C13H20N6OS.ClH/c1-18(2)13-16-11(20-17-13)9-4-3-5-19(7-9)8-10-6-15-12(14)21-10;/h6,9H,3-5,7-8H2,1-2H3,(H2,14,15);1H. The van der Waals surface area contributed by atoms with Crippen LogP contribution in [0.1, 0.15) is 29.5 Å². The monoisotopic (exact) mass is 344 g/mol. The molecule has 0 aliphatic carbocycles. The number of halogens is 1. The van der Waals surface area contributed by atoms with Crippen LogP contribution in [-0.4, -0.2) is 47.2 Å². The molecule has 122 valence electrons. The van der Waals surface area contributed by atoms with Crippen LogP contribution in [0.5, 0.6) is 0 Å². The number of hydrogen-bond donors (Lipinski definition) is 1. The normalized spacial score (nSPS) is 18.9. The molecule has 22 heavy (non-hydrogen) atoms. The van der Waals surface area contributed by atoms with E-state index < -0.39 is 0 Å². The number of piperidine rings is 1. The fraction of sp³-hybridized carbons (Fsp3) is 0.615. The van der Waals surface area contributed by atoms with Gasteiger partial charge in [0.05, 0.1) is 5.92 Å². The van der Waals surface area contributed by atoms with E-state index in [0.717, 1.165) is 38.4 Å². The lowest BCUT2D eigenvalue weighted by Gasteiger charge is -2.30. The van der Waals surface area contributed by atoms with E-state index in [-0.39, 0.29) is 12.4 Å². The number of nitrogens with zero attached hydrogens (tertiary/aromatic N) is 5. The van der Waals surface area contributed by atoms with Crippen LogP contribution in [0, 0.1) is 0 Å². The molecule has 9 heteroatoms. The predicted octanol–water partition coefficient (Wildman–Crippen LogP) is 1.98. The van der Waals surface area contributed by atoms with Crippen molar-refractivity contribution >= 4 is 34.8 Å². The molecule has 0 amide bonds. The van der Waals surface area contributed by atoms with E-state index in [9.17, 15) is 0 Å². The second kappa shape index (κ2) is 7.26. The maximum Gasteiger partial charge on any atom is 0.265 e. The van der Waals surface area contributed by atoms with Gasteiger partial charge in [-0.25, -0.2) is 4.98 Å². The van der Waals surface area contributed by atoms with E-state index in [4.69, 9.17) is 10.3 Å². The van der Waals surface area contributed by atoms with E-state index in [1.165, 1.54) is 4.88 Å². The van der Waals surface area contributed by atoms with Crippen molar-refractivity contribution in [2.24, 2.45) is 0 Å². The Labute approximate surface area is 139 Å². The summed E-state index contributed by atoms with van der Waals surface area (Å²) in [6.45, 7) is 2.91. The summed E-state index contributed by atoms with van der Waals surface area (Å²) in [7, 11) is 3.83. The number of rotatable bonds is 4. The molecule has 1 atom stereocenters. The first-order valence-electron chi connectivity index (χ1n) is 7.05. The lowest BCUT2D eigenvalue weighted by atomic mass is 9.98. The van der Waals surface area contributed by atoms with Crippen molar-refractivity contribution < 1.29 is 4.52 Å². The van der Waals surface area contributed by atoms with Crippen LogP contribution in [-0.2, 0) is 6.54 Å². The van der Waals surface area contributed by atoms with Gasteiger partial charge >= 0.3 is 0 Å². The lowest BCUT2D eigenvalue weighted by molar-refractivity contribution is 0.181. The zero-order chi connectivity index (χ0) is 14.8. The highest BCUT2D eigenvalue weighted by molar-refractivity contribution is 7.15. The zero-order valence-corrected chi connectivity index (χ0v) is 14.4. The van der Waals surface area contributed by atoms with E-state index >= 15 is 0 Å². The molecule has 1 saturated heterocycles. The SMILES string of the molecule is CN(C)c1noc(C2CCCN(Cc3cnc(N)s3)C2)n1.Cl. The first-order chi connectivity index (χ1) is 10.1. The van der Waals surface area contributed by atoms with E-state index in [2.05, 4.69) is 20.0 Å². The molecule has 0 bridgehead atoms. The summed E-state index contributed by atoms with van der Waals surface area (Å²) in [5.74, 6) is 1.69. The number of nitrogens with two attached hydrogens (primary N) is 1. The fourth-order valence-corrected chi connectivity index (χ4v) is 3.32. The minimum atomic E-state index is 0. The maximum atomic E-state index is 5.68. The second-order valence-corrected chi connectivity index (χ2v) is 6.71. The molecule has 0 aromatic carbocycles. The van der Waals surface area contributed by atoms with Crippen molar-refractivity contribution in [1.29, 1.82) is 0 Å². The van der Waals surface area contributed by atoms with Crippen molar-refractivity contribution in [3.63, 3.8) is 0 Å². The fourth-order valence-electron chi connectivity index (χ4n) is 2.59. The third kappa shape index (κ3) is 3.88. The second-order valence-electron chi connectivity index (χ2n) is 5.57. The molecule has 0 spiro atoms. The quantitative estimate of drug-likeness (QED) is 0.907. The number of hydrogen-bond acceptors (Lipinski definition) is 8. The summed E-state index contributed by atoms with van der Waals surface area (Å²) in [6.07, 6.45) is 4.09. The van der Waals surface area contributed by atoms with Crippen molar-refractivity contribution in [3.8, 4) is 0 Å². The summed E-state index contributed by atoms with van der Waals surface area (Å²) in [5, 5.41) is 4.63. The summed E-state index contributed by atoms with van der Waals surface area (Å²) in [4.78, 5) is 14.0. The highest BCUT2D eigenvalue weighted by Gasteiger charge is 2.26. The van der Waals surface area contributed by atoms with Crippen LogP contribution in [0.4, 0.5) is 11.1 Å². The maximum absolute atomic E-state index is 5.68. The van der Waals surface area contributed by atoms with E-state index in [1.54, 1.807) is 11.3 Å². The molecular formula is C13H21ClN6OS. The Morgan fingerprint density at radius 1 is 1.50 bits per heavy atom. The van der Waals surface area contributed by atoms with E-state index in [0.29, 0.717) is 17.0 Å². The Bertz CT molecular complexity index is 601. The third-order valence-electron chi connectivity index (χ3n) is 3.64. The Morgan fingerprint density at radius 2 is 2.32 bits per heavy atom. The first kappa shape index (κ1) is 17.0. The average molecular weight is 345 g/mol. The van der Waals surface area contributed by atoms with Gasteiger partial charge in [0.15, 0.2) is 5.13 Å². The van der Waals surface area contributed by atoms with Crippen LogP contribution < -0.4 is 10.6 Å². The Kier molecular flexibility index (Phi) is 5.60. The molecule has 7 nitrogen and oxygen atoms in total. The number of thiazole rings is 1. The number of likely N-dealkylation sites (tertiary alicyclic amines) is 1. The smallest absolute Gasteiger partial charge is 0.265 e. The topological polar surface area (TPSA) is 84.3 Å². The Morgan fingerprint density at radius 3 is 2.95 bits per heavy atom. The molecule has 1 unspecified atom stereocenters. The summed E-state index contributed by atoms with van der Waals surface area (Å²) in [5.41, 5.74) is 5.68. The summed E-state index contributed by atoms with van der Waals surface area (Å²) < 4.78 is 5.41. The molecular weight excluding hydrogens is 324 g/mol. The summed E-state index contributed by atoms with van der Waals surface area (Å²) in [6, 6.07) is 0. The van der Waals surface area contributed by atoms with Crippen molar-refractivity contribution in [3.05, 3.63) is 17.0 Å². The molecule has 1 aliphatic rings. The van der Waals surface area contributed by atoms with Crippen LogP contribution >= 0.6 is 23.7 Å². The summed E-state index contributed by atoms with van der Waals surface area (Å²) >= 11 is 1.55. The molecule has 3 heterocycles. The van der Waals surface area contributed by atoms with Gasteiger partial charge in [0, 0.05) is 38.3 Å². The Hall–Kier alpha value is -1.38. The third-order valence-corrected chi connectivity index (χ3v) is 4.45. The molecule has 3 rings (SSSR count). The van der Waals surface area contributed by atoms with E-state index in [1.807, 2.05) is 25.2 Å². The largest absolute Gasteiger partial charge is 0.375 e. The van der Waals surface area contributed by atoms with Gasteiger partial charge in [0.2, 0.25) is 5.89 Å². The minimum Gasteiger partial charge on any atom is -0.375 e. The number of anilines is 2.